The van der Waals surface area contributed by atoms with E-state index in [9.17, 15) is 14.7 Å². The zero-order valence-electron chi connectivity index (χ0n) is 12.7. The first-order chi connectivity index (χ1) is 9.97. The molecule has 1 fully saturated rings. The number of aliphatic carboxylic acids is 1. The van der Waals surface area contributed by atoms with E-state index in [1.165, 1.54) is 0 Å². The summed E-state index contributed by atoms with van der Waals surface area (Å²) in [4.78, 5) is 23.8. The second-order valence-electron chi connectivity index (χ2n) is 6.04. The Morgan fingerprint density at radius 2 is 1.67 bits per heavy atom. The number of nitrogens with one attached hydrogen (secondary N) is 1. The third kappa shape index (κ3) is 4.06. The summed E-state index contributed by atoms with van der Waals surface area (Å²) in [5, 5.41) is 12.3. The fraction of sp³-hybridized carbons (Fsp3) is 0.529. The number of aryl methyl sites for hydroxylation is 2. The van der Waals surface area contributed by atoms with Crippen molar-refractivity contribution in [2.75, 3.05) is 0 Å². The fourth-order valence-electron chi connectivity index (χ4n) is 3.13. The van der Waals surface area contributed by atoms with Crippen LogP contribution in [0.3, 0.4) is 0 Å². The minimum Gasteiger partial charge on any atom is -0.481 e. The van der Waals surface area contributed by atoms with Crippen LogP contribution < -0.4 is 5.32 Å². The second-order valence-corrected chi connectivity index (χ2v) is 6.04. The summed E-state index contributed by atoms with van der Waals surface area (Å²) in [6, 6.07) is 5.44. The molecule has 2 N–H and O–H groups in total. The average molecular weight is 289 g/mol. The number of benzene rings is 1. The van der Waals surface area contributed by atoms with Gasteiger partial charge in [-0.1, -0.05) is 36.5 Å². The van der Waals surface area contributed by atoms with Gasteiger partial charge in [0.15, 0.2) is 0 Å². The Kier molecular flexibility index (Phi) is 4.99. The van der Waals surface area contributed by atoms with Gasteiger partial charge >= 0.3 is 5.97 Å². The van der Waals surface area contributed by atoms with Crippen molar-refractivity contribution in [1.82, 2.24) is 5.32 Å². The van der Waals surface area contributed by atoms with Gasteiger partial charge in [0.1, 0.15) is 0 Å². The molecule has 1 aromatic carbocycles. The molecule has 1 aromatic rings. The minimum absolute atomic E-state index is 0.167. The number of carbonyl (C=O) groups is 2. The molecule has 4 heteroatoms. The number of carboxylic acid groups (broad SMARTS) is 1. The maximum Gasteiger partial charge on any atom is 0.308 e. The van der Waals surface area contributed by atoms with Gasteiger partial charge < -0.3 is 10.4 Å². The van der Waals surface area contributed by atoms with Crippen LogP contribution in [-0.2, 0) is 4.79 Å². The van der Waals surface area contributed by atoms with E-state index in [4.69, 9.17) is 0 Å². The molecule has 0 bridgehead atoms. The van der Waals surface area contributed by atoms with Gasteiger partial charge in [0.25, 0.3) is 5.91 Å². The first kappa shape index (κ1) is 15.5. The molecule has 0 aliphatic heterocycles. The van der Waals surface area contributed by atoms with E-state index in [0.717, 1.165) is 36.8 Å². The molecule has 2 rings (SSSR count). The topological polar surface area (TPSA) is 66.4 Å². The van der Waals surface area contributed by atoms with E-state index in [1.807, 2.05) is 32.0 Å². The van der Waals surface area contributed by atoms with Crippen molar-refractivity contribution in [3.05, 3.63) is 34.9 Å². The highest BCUT2D eigenvalue weighted by molar-refractivity contribution is 5.95. The van der Waals surface area contributed by atoms with Crippen LogP contribution in [0.15, 0.2) is 18.2 Å². The molecule has 0 spiro atoms. The lowest BCUT2D eigenvalue weighted by Gasteiger charge is -2.23. The fourth-order valence-corrected chi connectivity index (χ4v) is 3.13. The molecule has 1 amide bonds. The van der Waals surface area contributed by atoms with E-state index in [0.29, 0.717) is 12.0 Å². The van der Waals surface area contributed by atoms with E-state index in [-0.39, 0.29) is 11.9 Å². The summed E-state index contributed by atoms with van der Waals surface area (Å²) in [7, 11) is 0. The van der Waals surface area contributed by atoms with Crippen molar-refractivity contribution in [2.45, 2.75) is 52.0 Å². The molecule has 2 atom stereocenters. The number of carboxylic acids is 1. The molecule has 4 nitrogen and oxygen atoms in total. The lowest BCUT2D eigenvalue weighted by molar-refractivity contribution is -0.142. The molecule has 0 saturated heterocycles. The Hall–Kier alpha value is -1.84. The van der Waals surface area contributed by atoms with Crippen LogP contribution in [0.2, 0.25) is 0 Å². The molecule has 21 heavy (non-hydrogen) atoms. The van der Waals surface area contributed by atoms with Gasteiger partial charge in [0.05, 0.1) is 5.92 Å². The zero-order valence-corrected chi connectivity index (χ0v) is 12.7. The summed E-state index contributed by atoms with van der Waals surface area (Å²) in [6.45, 7) is 3.91. The quantitative estimate of drug-likeness (QED) is 0.840. The third-order valence-corrected chi connectivity index (χ3v) is 4.13. The Balaban J connectivity index is 2.14. The molecule has 2 unspecified atom stereocenters. The largest absolute Gasteiger partial charge is 0.481 e. The van der Waals surface area contributed by atoms with Crippen LogP contribution in [0, 0.1) is 19.8 Å². The highest BCUT2D eigenvalue weighted by Crippen LogP contribution is 2.24. The van der Waals surface area contributed by atoms with Crippen molar-refractivity contribution in [3.63, 3.8) is 0 Å². The van der Waals surface area contributed by atoms with Gasteiger partial charge in [-0.2, -0.15) is 0 Å². The third-order valence-electron chi connectivity index (χ3n) is 4.13. The van der Waals surface area contributed by atoms with E-state index < -0.39 is 11.9 Å². The molecule has 0 aromatic heterocycles. The molecule has 1 saturated carbocycles. The zero-order chi connectivity index (χ0) is 15.4. The average Bonchev–Trinajstić information content (AvgIpc) is 2.63. The van der Waals surface area contributed by atoms with Gasteiger partial charge in [-0.25, -0.2) is 0 Å². The maximum atomic E-state index is 12.4. The van der Waals surface area contributed by atoms with Gasteiger partial charge in [-0.05, 0) is 38.8 Å². The van der Waals surface area contributed by atoms with E-state index >= 15 is 0 Å². The monoisotopic (exact) mass is 289 g/mol. The van der Waals surface area contributed by atoms with Crippen molar-refractivity contribution >= 4 is 11.9 Å². The van der Waals surface area contributed by atoms with Crippen LogP contribution in [-0.4, -0.2) is 23.0 Å². The lowest BCUT2D eigenvalue weighted by Crippen LogP contribution is -2.42. The summed E-state index contributed by atoms with van der Waals surface area (Å²) in [5.74, 6) is -1.44. The van der Waals surface area contributed by atoms with Crippen LogP contribution >= 0.6 is 0 Å². The van der Waals surface area contributed by atoms with Gasteiger partial charge in [0.2, 0.25) is 0 Å². The van der Waals surface area contributed by atoms with Crippen molar-refractivity contribution in [2.24, 2.45) is 5.92 Å². The lowest BCUT2D eigenvalue weighted by atomic mass is 9.94. The first-order valence-corrected chi connectivity index (χ1v) is 7.59. The number of carbonyl (C=O) groups excluding carboxylic acids is 1. The van der Waals surface area contributed by atoms with Gasteiger partial charge in [0, 0.05) is 11.6 Å². The molecule has 114 valence electrons. The molecular formula is C17H23NO3. The van der Waals surface area contributed by atoms with Crippen LogP contribution in [0.4, 0.5) is 0 Å². The molecular weight excluding hydrogens is 266 g/mol. The second kappa shape index (κ2) is 6.74. The number of amides is 1. The Labute approximate surface area is 125 Å². The molecule has 1 aliphatic rings. The highest BCUT2D eigenvalue weighted by atomic mass is 16.4. The van der Waals surface area contributed by atoms with Crippen LogP contribution in [0.1, 0.15) is 53.6 Å². The predicted octanol–water partition coefficient (Wildman–Crippen LogP) is 3.07. The highest BCUT2D eigenvalue weighted by Gasteiger charge is 2.30. The van der Waals surface area contributed by atoms with Crippen LogP contribution in [0.25, 0.3) is 0 Å². The van der Waals surface area contributed by atoms with Gasteiger partial charge in [-0.3, -0.25) is 9.59 Å². The first-order valence-electron chi connectivity index (χ1n) is 7.59. The molecule has 0 radical (unpaired) electrons. The summed E-state index contributed by atoms with van der Waals surface area (Å²) in [6.07, 6.45) is 4.33. The molecule has 0 heterocycles. The molecule has 1 aliphatic carbocycles. The van der Waals surface area contributed by atoms with Crippen LogP contribution in [0.5, 0.6) is 0 Å². The number of hydrogen-bond donors (Lipinski definition) is 2. The standard InChI is InChI=1S/C17H23NO3/c1-11-8-12(2)10-13(9-11)16(19)18-15-7-5-3-4-6-14(15)17(20)21/h8-10,14-15H,3-7H2,1-2H3,(H,18,19)(H,20,21). The smallest absolute Gasteiger partial charge is 0.308 e. The number of rotatable bonds is 3. The maximum absolute atomic E-state index is 12.4. The van der Waals surface area contributed by atoms with Gasteiger partial charge in [-0.15, -0.1) is 0 Å². The van der Waals surface area contributed by atoms with E-state index in [2.05, 4.69) is 5.32 Å². The van der Waals surface area contributed by atoms with Crippen molar-refractivity contribution in [1.29, 1.82) is 0 Å². The van der Waals surface area contributed by atoms with Crippen molar-refractivity contribution < 1.29 is 14.7 Å². The number of hydrogen-bond acceptors (Lipinski definition) is 2. The predicted molar refractivity (Wildman–Crippen MR) is 81.4 cm³/mol. The minimum atomic E-state index is -0.803. The van der Waals surface area contributed by atoms with Crippen molar-refractivity contribution in [3.8, 4) is 0 Å². The Morgan fingerprint density at radius 3 is 2.29 bits per heavy atom. The SMILES string of the molecule is Cc1cc(C)cc(C(=O)NC2CCCCCC2C(=O)O)c1. The van der Waals surface area contributed by atoms with E-state index in [1.54, 1.807) is 0 Å². The Bertz CT molecular complexity index is 519. The summed E-state index contributed by atoms with van der Waals surface area (Å²) >= 11 is 0. The summed E-state index contributed by atoms with van der Waals surface area (Å²) in [5.41, 5.74) is 2.69. The normalized spacial score (nSPS) is 22.4. The Morgan fingerprint density at radius 1 is 1.05 bits per heavy atom. The summed E-state index contributed by atoms with van der Waals surface area (Å²) < 4.78 is 0.